The van der Waals surface area contributed by atoms with E-state index in [2.05, 4.69) is 47.8 Å². The molecule has 11 heteroatoms. The van der Waals surface area contributed by atoms with Crippen LogP contribution in [0, 0.1) is 0 Å². The Morgan fingerprint density at radius 1 is 1.43 bits per heavy atom. The molecular weight excluding hydrogens is 514 g/mol. The summed E-state index contributed by atoms with van der Waals surface area (Å²) in [5.41, 5.74) is 0. The Hall–Kier alpha value is 0.550. The quantitative estimate of drug-likeness (QED) is 0.442. The summed E-state index contributed by atoms with van der Waals surface area (Å²) in [6.07, 6.45) is -3.03. The van der Waals surface area contributed by atoms with Crippen LogP contribution >= 0.6 is 47.8 Å². The van der Waals surface area contributed by atoms with Gasteiger partial charge in [0.2, 0.25) is 14.6 Å². The molecule has 1 rings (SSSR count). The molecule has 0 aliphatic heterocycles. The van der Waals surface area contributed by atoms with Crippen molar-refractivity contribution in [3.63, 3.8) is 0 Å². The monoisotopic (exact) mass is 521 g/mol. The third kappa shape index (κ3) is 4.30. The molecule has 0 fully saturated rings. The van der Waals surface area contributed by atoms with Crippen molar-refractivity contribution >= 4 is 57.8 Å². The molecule has 0 radical (unpaired) electrons. The van der Waals surface area contributed by atoms with E-state index in [9.17, 15) is 26.0 Å². The molecule has 122 valence electrons. The highest BCUT2D eigenvalue weighted by Gasteiger charge is 2.51. The van der Waals surface area contributed by atoms with Gasteiger partial charge in [-0.1, -0.05) is 13.0 Å². The minimum Gasteiger partial charge on any atom is -0.224 e. The van der Waals surface area contributed by atoms with Gasteiger partial charge in [-0.3, -0.25) is 0 Å². The van der Waals surface area contributed by atoms with Gasteiger partial charge in [-0.15, -0.1) is 0 Å². The normalized spacial score (nSPS) is 28.9. The minimum absolute atomic E-state index is 0.159. The molecule has 0 amide bonds. The van der Waals surface area contributed by atoms with Gasteiger partial charge in [0.05, 0.1) is 4.48 Å². The molecule has 0 saturated carbocycles. The van der Waals surface area contributed by atoms with Crippen molar-refractivity contribution < 1.29 is 26.0 Å². The maximum absolute atomic E-state index is 14.6. The van der Waals surface area contributed by atoms with Crippen LogP contribution in [0.1, 0.15) is 13.3 Å². The molecule has 1 aliphatic carbocycles. The van der Waals surface area contributed by atoms with E-state index in [0.29, 0.717) is 0 Å². The summed E-state index contributed by atoms with van der Waals surface area (Å²) in [5, 5.41) is -1.85. The summed E-state index contributed by atoms with van der Waals surface area (Å²) in [7, 11) is -4.61. The van der Waals surface area contributed by atoms with Crippen LogP contribution in [-0.4, -0.2) is 30.5 Å². The van der Waals surface area contributed by atoms with Crippen LogP contribution in [-0.2, 0) is 10.0 Å². The van der Waals surface area contributed by atoms with Gasteiger partial charge in [-0.25, -0.2) is 17.5 Å². The fourth-order valence-electron chi connectivity index (χ4n) is 1.60. The fourth-order valence-corrected chi connectivity index (χ4v) is 5.58. The molecule has 0 aromatic heterocycles. The van der Waals surface area contributed by atoms with Crippen LogP contribution < -0.4 is 4.72 Å². The number of allylic oxidation sites excluding steroid dienone is 3. The zero-order chi connectivity index (χ0) is 16.6. The number of alkyl halides is 5. The van der Waals surface area contributed by atoms with Gasteiger partial charge in [0.15, 0.2) is 0 Å². The first kappa shape index (κ1) is 19.6. The van der Waals surface area contributed by atoms with Crippen molar-refractivity contribution in [3.05, 3.63) is 21.1 Å². The average molecular weight is 524 g/mol. The number of nitrogens with one attached hydrogen (secondary N) is 1. The van der Waals surface area contributed by atoms with E-state index in [1.54, 1.807) is 0 Å². The van der Waals surface area contributed by atoms with Crippen molar-refractivity contribution in [1.29, 1.82) is 0 Å². The molecule has 0 heterocycles. The standard InChI is InChI=1S/C10H10Br3F4NO2S/c1-2-6(10(15,16)17)18-21(19,20)7-4-3-5(11)8(12)9(7,13)14/h3-4,6-7,18H,2H2,1H3/t6?,7-,9?/m0/s1. The predicted octanol–water partition coefficient (Wildman–Crippen LogP) is 4.25. The second-order valence-electron chi connectivity index (χ2n) is 4.23. The first-order chi connectivity index (χ1) is 9.34. The molecular formula is C10H10Br3F4NO2S. The Labute approximate surface area is 144 Å². The molecule has 0 aromatic carbocycles. The van der Waals surface area contributed by atoms with Crippen molar-refractivity contribution in [3.8, 4) is 0 Å². The summed E-state index contributed by atoms with van der Waals surface area (Å²) >= 11 is 8.49. The van der Waals surface area contributed by atoms with E-state index in [4.69, 9.17) is 0 Å². The third-order valence-electron chi connectivity index (χ3n) is 2.72. The Bertz CT molecular complexity index is 571. The topological polar surface area (TPSA) is 46.2 Å². The first-order valence-corrected chi connectivity index (χ1v) is 9.46. The number of rotatable bonds is 4. The second kappa shape index (κ2) is 6.58. The maximum atomic E-state index is 14.6. The van der Waals surface area contributed by atoms with Crippen LogP contribution in [0.3, 0.4) is 0 Å². The number of sulfonamides is 1. The predicted molar refractivity (Wildman–Crippen MR) is 82.8 cm³/mol. The zero-order valence-electron chi connectivity index (χ0n) is 10.4. The smallest absolute Gasteiger partial charge is 0.224 e. The van der Waals surface area contributed by atoms with Crippen LogP contribution in [0.5, 0.6) is 0 Å². The summed E-state index contributed by atoms with van der Waals surface area (Å²) in [6.45, 7) is 1.18. The highest BCUT2D eigenvalue weighted by molar-refractivity contribution is 9.15. The molecule has 1 aliphatic rings. The molecule has 3 atom stereocenters. The SMILES string of the molecule is CCC(NS(=O)(=O)[C@H]1C=CC(Br)=C(Br)C1(F)Br)C(F)(F)F. The molecule has 1 N–H and O–H groups in total. The van der Waals surface area contributed by atoms with Crippen LogP contribution in [0.2, 0.25) is 0 Å². The zero-order valence-corrected chi connectivity index (χ0v) is 16.0. The Kier molecular flexibility index (Phi) is 6.14. The number of hydrogen-bond acceptors (Lipinski definition) is 2. The lowest BCUT2D eigenvalue weighted by Crippen LogP contribution is -2.52. The second-order valence-corrected chi connectivity index (χ2v) is 8.86. The summed E-state index contributed by atoms with van der Waals surface area (Å²) in [5.74, 6) is 0. The van der Waals surface area contributed by atoms with Gasteiger partial charge >= 0.3 is 6.18 Å². The maximum Gasteiger partial charge on any atom is 0.404 e. The Balaban J connectivity index is 3.13. The lowest BCUT2D eigenvalue weighted by Gasteiger charge is -2.31. The molecule has 0 aromatic rings. The van der Waals surface area contributed by atoms with Crippen LogP contribution in [0.25, 0.3) is 0 Å². The molecule has 3 nitrogen and oxygen atoms in total. The van der Waals surface area contributed by atoms with Crippen molar-refractivity contribution in [2.45, 2.75) is 35.4 Å². The first-order valence-electron chi connectivity index (χ1n) is 5.53. The molecule has 2 unspecified atom stereocenters. The average Bonchev–Trinajstić information content (AvgIpc) is 2.31. The van der Waals surface area contributed by atoms with E-state index in [0.717, 1.165) is 6.08 Å². The summed E-state index contributed by atoms with van der Waals surface area (Å²) in [6, 6.07) is -2.27. The molecule has 0 saturated heterocycles. The lowest BCUT2D eigenvalue weighted by atomic mass is 10.1. The highest BCUT2D eigenvalue weighted by atomic mass is 79.9. The van der Waals surface area contributed by atoms with Gasteiger partial charge < -0.3 is 0 Å². The van der Waals surface area contributed by atoms with Crippen molar-refractivity contribution in [2.24, 2.45) is 0 Å². The Morgan fingerprint density at radius 2 is 1.95 bits per heavy atom. The minimum atomic E-state index is -4.75. The van der Waals surface area contributed by atoms with E-state index in [-0.39, 0.29) is 8.96 Å². The van der Waals surface area contributed by atoms with Crippen LogP contribution in [0.4, 0.5) is 17.6 Å². The third-order valence-corrected chi connectivity index (χ3v) is 8.41. The van der Waals surface area contributed by atoms with Gasteiger partial charge in [0.1, 0.15) is 11.3 Å². The van der Waals surface area contributed by atoms with Crippen LogP contribution in [0.15, 0.2) is 21.1 Å². The molecule has 0 bridgehead atoms. The largest absolute Gasteiger partial charge is 0.404 e. The molecule has 0 spiro atoms. The van der Waals surface area contributed by atoms with E-state index in [1.165, 1.54) is 17.7 Å². The van der Waals surface area contributed by atoms with Crippen molar-refractivity contribution in [1.82, 2.24) is 4.72 Å². The van der Waals surface area contributed by atoms with E-state index in [1.807, 2.05) is 0 Å². The van der Waals surface area contributed by atoms with E-state index >= 15 is 0 Å². The Morgan fingerprint density at radius 3 is 2.38 bits per heavy atom. The van der Waals surface area contributed by atoms with Gasteiger partial charge in [-0.2, -0.15) is 13.2 Å². The highest BCUT2D eigenvalue weighted by Crippen LogP contribution is 2.46. The number of hydrogen-bond donors (Lipinski definition) is 1. The lowest BCUT2D eigenvalue weighted by molar-refractivity contribution is -0.151. The fraction of sp³-hybridized carbons (Fsp3) is 0.600. The summed E-state index contributed by atoms with van der Waals surface area (Å²) < 4.78 is 75.8. The molecule has 21 heavy (non-hydrogen) atoms. The summed E-state index contributed by atoms with van der Waals surface area (Å²) in [4.78, 5) is 0. The number of halogens is 7. The van der Waals surface area contributed by atoms with Crippen molar-refractivity contribution in [2.75, 3.05) is 0 Å². The van der Waals surface area contributed by atoms with Gasteiger partial charge in [-0.05, 0) is 60.3 Å². The van der Waals surface area contributed by atoms with Gasteiger partial charge in [0, 0.05) is 4.48 Å². The van der Waals surface area contributed by atoms with Gasteiger partial charge in [0.25, 0.3) is 0 Å². The van der Waals surface area contributed by atoms with E-state index < -0.39 is 38.5 Å².